The van der Waals surface area contributed by atoms with E-state index in [2.05, 4.69) is 12.6 Å². The third-order valence-corrected chi connectivity index (χ3v) is 10.3. The Kier molecular flexibility index (Phi) is 11.2. The van der Waals surface area contributed by atoms with Gasteiger partial charge in [0, 0.05) is 16.9 Å². The first kappa shape index (κ1) is 25.6. The molecule has 0 heterocycles. The largest absolute Gasteiger partial charge is 0.345 e. The summed E-state index contributed by atoms with van der Waals surface area (Å²) in [5.41, 5.74) is 0.440. The molecule has 1 aromatic carbocycles. The number of ketones is 1. The van der Waals surface area contributed by atoms with E-state index in [1.807, 2.05) is 0 Å². The zero-order chi connectivity index (χ0) is 21.2. The third kappa shape index (κ3) is 6.81. The van der Waals surface area contributed by atoms with Crippen molar-refractivity contribution in [1.29, 1.82) is 0 Å². The maximum absolute atomic E-state index is 13.4. The molecule has 0 aliphatic rings. The highest BCUT2D eigenvalue weighted by atomic mass is 32.1. The molecule has 7 nitrogen and oxygen atoms in total. The summed E-state index contributed by atoms with van der Waals surface area (Å²) in [6, 6.07) is 6.89. The first-order chi connectivity index (χ1) is 13.3. The molecule has 0 atom stereocenters. The van der Waals surface area contributed by atoms with Crippen molar-refractivity contribution in [3.05, 3.63) is 29.8 Å². The van der Waals surface area contributed by atoms with Gasteiger partial charge >= 0.3 is 15.2 Å². The van der Waals surface area contributed by atoms with Crippen LogP contribution in [0.5, 0.6) is 0 Å². The van der Waals surface area contributed by atoms with Gasteiger partial charge in [-0.25, -0.2) is 0 Å². The average Bonchev–Trinajstić information content (AvgIpc) is 2.62. The Hall–Kier alpha value is -0.460. The molecule has 0 N–H and O–H groups in total. The van der Waals surface area contributed by atoms with Crippen LogP contribution in [-0.2, 0) is 27.2 Å². The van der Waals surface area contributed by atoms with Crippen LogP contribution in [0.1, 0.15) is 50.9 Å². The predicted octanol–water partition coefficient (Wildman–Crippen LogP) is 5.80. The van der Waals surface area contributed by atoms with Crippen LogP contribution >= 0.6 is 27.8 Å². The van der Waals surface area contributed by atoms with E-state index in [0.29, 0.717) is 10.5 Å². The molecule has 160 valence electrons. The molecule has 0 fully saturated rings. The van der Waals surface area contributed by atoms with Crippen LogP contribution in [0.2, 0.25) is 0 Å². The normalized spacial score (nSPS) is 12.5. The Labute approximate surface area is 173 Å². The van der Waals surface area contributed by atoms with Gasteiger partial charge in [0.1, 0.15) is 0 Å². The van der Waals surface area contributed by atoms with E-state index in [1.54, 1.807) is 52.0 Å². The summed E-state index contributed by atoms with van der Waals surface area (Å²) in [5.74, 6) is -0.213. The minimum absolute atomic E-state index is 0.0312. The summed E-state index contributed by atoms with van der Waals surface area (Å²) in [7, 11) is -7.71. The molecular weight excluding hydrogens is 422 g/mol. The van der Waals surface area contributed by atoms with Crippen LogP contribution in [0.4, 0.5) is 0 Å². The predicted molar refractivity (Wildman–Crippen MR) is 113 cm³/mol. The Bertz CT molecular complexity index is 676. The number of carbonyl (C=O) groups is 1. The summed E-state index contributed by atoms with van der Waals surface area (Å²) < 4.78 is 48.5. The van der Waals surface area contributed by atoms with Crippen LogP contribution in [0.3, 0.4) is 0 Å². The van der Waals surface area contributed by atoms with E-state index in [1.165, 1.54) is 0 Å². The van der Waals surface area contributed by atoms with Crippen molar-refractivity contribution in [1.82, 2.24) is 0 Å². The first-order valence-corrected chi connectivity index (χ1v) is 13.0. The van der Waals surface area contributed by atoms with Crippen LogP contribution in [0.25, 0.3) is 0 Å². The molecule has 1 aromatic rings. The topological polar surface area (TPSA) is 88.1 Å². The average molecular weight is 452 g/mol. The molecule has 28 heavy (non-hydrogen) atoms. The molecule has 1 rings (SSSR count). The van der Waals surface area contributed by atoms with Crippen molar-refractivity contribution in [2.24, 2.45) is 0 Å². The number of rotatable bonds is 14. The molecular formula is C18H30O7P2S. The van der Waals surface area contributed by atoms with Gasteiger partial charge in [-0.3, -0.25) is 13.9 Å². The fourth-order valence-corrected chi connectivity index (χ4v) is 8.37. The molecule has 0 bridgehead atoms. The van der Waals surface area contributed by atoms with Crippen LogP contribution in [0.15, 0.2) is 29.2 Å². The van der Waals surface area contributed by atoms with E-state index in [4.69, 9.17) is 18.1 Å². The van der Waals surface area contributed by atoms with Gasteiger partial charge in [0.25, 0.3) is 0 Å². The number of thiol groups is 1. The molecule has 0 spiro atoms. The smallest absolute Gasteiger partial charge is 0.308 e. The number of benzene rings is 1. The molecule has 0 saturated carbocycles. The molecule has 10 heteroatoms. The van der Waals surface area contributed by atoms with Gasteiger partial charge in [0.15, 0.2) is 11.2 Å². The van der Waals surface area contributed by atoms with Crippen LogP contribution in [-0.4, -0.2) is 37.6 Å². The number of carbonyl (C=O) groups excluding carboxylic acids is 1. The van der Waals surface area contributed by atoms with Crippen molar-refractivity contribution in [2.45, 2.75) is 50.8 Å². The highest BCUT2D eigenvalue weighted by Crippen LogP contribution is 2.71. The Morgan fingerprint density at radius 3 is 1.71 bits per heavy atom. The lowest BCUT2D eigenvalue weighted by Crippen LogP contribution is -2.19. The quantitative estimate of drug-likeness (QED) is 0.217. The highest BCUT2D eigenvalue weighted by molar-refractivity contribution is 7.80. The van der Waals surface area contributed by atoms with E-state index < -0.39 is 20.6 Å². The molecule has 0 aliphatic heterocycles. The molecule has 0 saturated heterocycles. The monoisotopic (exact) mass is 452 g/mol. The van der Waals surface area contributed by atoms with Crippen molar-refractivity contribution in [2.75, 3.05) is 26.4 Å². The van der Waals surface area contributed by atoms with Gasteiger partial charge in [-0.2, -0.15) is 0 Å². The summed E-state index contributed by atoms with van der Waals surface area (Å²) in [4.78, 5) is 13.2. The number of Topliss-reactive ketones (excluding diaryl/α,β-unsaturated/α-hetero) is 1. The Morgan fingerprint density at radius 2 is 1.32 bits per heavy atom. The minimum Gasteiger partial charge on any atom is -0.308 e. The Balaban J connectivity index is 3.22. The second-order valence-electron chi connectivity index (χ2n) is 5.71. The van der Waals surface area contributed by atoms with Gasteiger partial charge in [-0.15, -0.1) is 12.6 Å². The summed E-state index contributed by atoms with van der Waals surface area (Å²) >= 11 is 4.30. The highest BCUT2D eigenvalue weighted by Gasteiger charge is 2.50. The molecule has 0 radical (unpaired) electrons. The fourth-order valence-electron chi connectivity index (χ4n) is 2.73. The van der Waals surface area contributed by atoms with Crippen molar-refractivity contribution >= 4 is 33.6 Å². The van der Waals surface area contributed by atoms with E-state index in [0.717, 1.165) is 0 Å². The second-order valence-corrected chi connectivity index (χ2v) is 11.0. The van der Waals surface area contributed by atoms with E-state index in [9.17, 15) is 13.9 Å². The van der Waals surface area contributed by atoms with Crippen molar-refractivity contribution in [3.63, 3.8) is 0 Å². The fraction of sp³-hybridized carbons (Fsp3) is 0.611. The van der Waals surface area contributed by atoms with E-state index >= 15 is 0 Å². The van der Waals surface area contributed by atoms with Gasteiger partial charge in [0.05, 0.1) is 26.4 Å². The van der Waals surface area contributed by atoms with E-state index in [-0.39, 0.29) is 45.1 Å². The lowest BCUT2D eigenvalue weighted by Gasteiger charge is -2.31. The Morgan fingerprint density at radius 1 is 0.893 bits per heavy atom. The zero-order valence-corrected chi connectivity index (χ0v) is 19.5. The number of hydrogen-bond donors (Lipinski definition) is 1. The van der Waals surface area contributed by atoms with Gasteiger partial charge in [-0.05, 0) is 40.2 Å². The van der Waals surface area contributed by atoms with Crippen LogP contribution in [0, 0.1) is 0 Å². The molecule has 0 aliphatic carbocycles. The molecule has 0 aromatic heterocycles. The number of hydrogen-bond acceptors (Lipinski definition) is 8. The zero-order valence-electron chi connectivity index (χ0n) is 16.8. The summed E-state index contributed by atoms with van der Waals surface area (Å²) in [6.07, 6.45) is -0.0635. The van der Waals surface area contributed by atoms with Crippen LogP contribution < -0.4 is 0 Å². The van der Waals surface area contributed by atoms with Gasteiger partial charge in [0.2, 0.25) is 0 Å². The second kappa shape index (κ2) is 12.3. The van der Waals surface area contributed by atoms with Crippen molar-refractivity contribution < 1.29 is 32.0 Å². The van der Waals surface area contributed by atoms with Gasteiger partial charge < -0.3 is 18.1 Å². The van der Waals surface area contributed by atoms with Crippen molar-refractivity contribution in [3.8, 4) is 0 Å². The lowest BCUT2D eigenvalue weighted by atomic mass is 10.1. The summed E-state index contributed by atoms with van der Waals surface area (Å²) in [5, 5.41) is -1.20. The maximum Gasteiger partial charge on any atom is 0.345 e. The molecule has 0 amide bonds. The summed E-state index contributed by atoms with van der Waals surface area (Å²) in [6.45, 7) is 7.04. The standard InChI is InChI=1S/C18H30O7P2S/c1-5-22-26(20,23-6-2)18(27(21,24-7-3)25-8-4)14-13-16(19)15-11-9-10-12-17(15)28/h9-12,18,28H,5-8,13-14H2,1-4H3. The van der Waals surface area contributed by atoms with Gasteiger partial charge in [-0.1, -0.05) is 18.2 Å². The maximum atomic E-state index is 13.4. The SMILES string of the molecule is CCOP(=O)(OCC)C(CCC(=O)c1ccccc1S)P(=O)(OCC)OCC. The third-order valence-electron chi connectivity index (χ3n) is 3.80. The first-order valence-electron chi connectivity index (χ1n) is 9.36. The lowest BCUT2D eigenvalue weighted by molar-refractivity contribution is 0.0977. The molecule has 0 unspecified atom stereocenters. The minimum atomic E-state index is -3.85.